The summed E-state index contributed by atoms with van der Waals surface area (Å²) in [6.45, 7) is 2.53. The standard InChI is InChI=1S/C16H18ClF3N2O2/c17-12-1-3-13(4-2-12)22-8-6-21(7-9-22)11-15(23)24-10-5-14(18)16(19)20/h1-4H,5-11H2. The average molecular weight is 363 g/mol. The fraction of sp³-hybridized carbons (Fsp3) is 0.438. The van der Waals surface area contributed by atoms with Crippen molar-refractivity contribution in [3.05, 3.63) is 41.2 Å². The third-order valence-electron chi connectivity index (χ3n) is 3.71. The fourth-order valence-corrected chi connectivity index (χ4v) is 2.52. The van der Waals surface area contributed by atoms with E-state index in [1.807, 2.05) is 29.2 Å². The maximum Gasteiger partial charge on any atom is 0.320 e. The average Bonchev–Trinajstić information content (AvgIpc) is 2.56. The van der Waals surface area contributed by atoms with Crippen LogP contribution in [0.5, 0.6) is 0 Å². The third kappa shape index (κ3) is 5.72. The van der Waals surface area contributed by atoms with Crippen LogP contribution in [0, 0.1) is 0 Å². The number of anilines is 1. The van der Waals surface area contributed by atoms with Gasteiger partial charge in [0.1, 0.15) is 0 Å². The minimum atomic E-state index is -2.37. The molecule has 0 N–H and O–H groups in total. The van der Waals surface area contributed by atoms with Gasteiger partial charge in [0.05, 0.1) is 13.2 Å². The number of carbonyl (C=O) groups is 1. The number of halogens is 4. The molecule has 0 bridgehead atoms. The van der Waals surface area contributed by atoms with Gasteiger partial charge in [-0.05, 0) is 24.3 Å². The van der Waals surface area contributed by atoms with Gasteiger partial charge in [0.25, 0.3) is 0 Å². The highest BCUT2D eigenvalue weighted by atomic mass is 35.5. The lowest BCUT2D eigenvalue weighted by Crippen LogP contribution is -2.48. The topological polar surface area (TPSA) is 32.8 Å². The molecule has 1 aliphatic rings. The fourth-order valence-electron chi connectivity index (χ4n) is 2.39. The van der Waals surface area contributed by atoms with Gasteiger partial charge in [-0.1, -0.05) is 11.6 Å². The molecular weight excluding hydrogens is 345 g/mol. The molecule has 0 aromatic heterocycles. The Kier molecular flexibility index (Phi) is 6.93. The first-order chi connectivity index (χ1) is 11.5. The van der Waals surface area contributed by atoms with Crippen LogP contribution in [-0.2, 0) is 9.53 Å². The van der Waals surface area contributed by atoms with E-state index >= 15 is 0 Å². The van der Waals surface area contributed by atoms with Crippen LogP contribution in [0.15, 0.2) is 36.2 Å². The second kappa shape index (κ2) is 8.94. The molecule has 1 aromatic carbocycles. The van der Waals surface area contributed by atoms with Gasteiger partial charge in [-0.2, -0.15) is 8.78 Å². The number of ether oxygens (including phenoxy) is 1. The summed E-state index contributed by atoms with van der Waals surface area (Å²) < 4.78 is 41.1. The first kappa shape index (κ1) is 18.6. The molecule has 0 atom stereocenters. The van der Waals surface area contributed by atoms with Gasteiger partial charge in [0.2, 0.25) is 0 Å². The number of esters is 1. The Morgan fingerprint density at radius 1 is 1.08 bits per heavy atom. The molecule has 2 rings (SSSR count). The molecule has 0 unspecified atom stereocenters. The van der Waals surface area contributed by atoms with Crippen LogP contribution in [0.25, 0.3) is 0 Å². The van der Waals surface area contributed by atoms with Gasteiger partial charge in [-0.15, -0.1) is 0 Å². The third-order valence-corrected chi connectivity index (χ3v) is 3.96. The Labute approximate surface area is 143 Å². The number of rotatable bonds is 6. The first-order valence-electron chi connectivity index (χ1n) is 7.54. The predicted octanol–water partition coefficient (Wildman–Crippen LogP) is 3.47. The lowest BCUT2D eigenvalue weighted by molar-refractivity contribution is -0.145. The lowest BCUT2D eigenvalue weighted by atomic mass is 10.2. The quantitative estimate of drug-likeness (QED) is 0.725. The van der Waals surface area contributed by atoms with E-state index in [-0.39, 0.29) is 13.2 Å². The van der Waals surface area contributed by atoms with E-state index in [2.05, 4.69) is 4.90 Å². The highest BCUT2D eigenvalue weighted by Crippen LogP contribution is 2.19. The van der Waals surface area contributed by atoms with Gasteiger partial charge in [-0.25, -0.2) is 4.39 Å². The summed E-state index contributed by atoms with van der Waals surface area (Å²) in [5.41, 5.74) is 1.07. The molecule has 0 saturated carbocycles. The maximum atomic E-state index is 12.6. The zero-order valence-corrected chi connectivity index (χ0v) is 13.7. The van der Waals surface area contributed by atoms with E-state index in [1.54, 1.807) is 0 Å². The summed E-state index contributed by atoms with van der Waals surface area (Å²) in [7, 11) is 0. The Balaban J connectivity index is 1.70. The molecular formula is C16H18ClF3N2O2. The monoisotopic (exact) mass is 362 g/mol. The van der Waals surface area contributed by atoms with Gasteiger partial charge < -0.3 is 9.64 Å². The molecule has 1 fully saturated rings. The Bertz CT molecular complexity index is 583. The molecule has 1 saturated heterocycles. The molecule has 24 heavy (non-hydrogen) atoms. The van der Waals surface area contributed by atoms with Gasteiger partial charge in [-0.3, -0.25) is 9.69 Å². The molecule has 0 radical (unpaired) electrons. The van der Waals surface area contributed by atoms with E-state index < -0.39 is 24.3 Å². The summed E-state index contributed by atoms with van der Waals surface area (Å²) >= 11 is 5.86. The van der Waals surface area contributed by atoms with Crippen molar-refractivity contribution in [2.75, 3.05) is 44.2 Å². The highest BCUT2D eigenvalue weighted by Gasteiger charge is 2.20. The number of carbonyl (C=O) groups excluding carboxylic acids is 1. The van der Waals surface area contributed by atoms with Crippen LogP contribution in [0.2, 0.25) is 5.02 Å². The molecule has 132 valence electrons. The van der Waals surface area contributed by atoms with Crippen molar-refractivity contribution in [1.82, 2.24) is 4.90 Å². The van der Waals surface area contributed by atoms with Crippen LogP contribution in [0.4, 0.5) is 18.9 Å². The van der Waals surface area contributed by atoms with Crippen LogP contribution in [0.1, 0.15) is 6.42 Å². The summed E-state index contributed by atoms with van der Waals surface area (Å²) in [5.74, 6) is -2.08. The van der Waals surface area contributed by atoms with Crippen molar-refractivity contribution >= 4 is 23.3 Å². The number of benzene rings is 1. The zero-order chi connectivity index (χ0) is 17.5. The number of hydrogen-bond acceptors (Lipinski definition) is 4. The number of hydrogen-bond donors (Lipinski definition) is 0. The first-order valence-corrected chi connectivity index (χ1v) is 7.91. The number of piperazine rings is 1. The maximum absolute atomic E-state index is 12.6. The smallest absolute Gasteiger partial charge is 0.320 e. The second-order valence-corrected chi connectivity index (χ2v) is 5.81. The van der Waals surface area contributed by atoms with E-state index in [1.165, 1.54) is 0 Å². The van der Waals surface area contributed by atoms with Crippen LogP contribution in [-0.4, -0.2) is 50.2 Å². The molecule has 1 aliphatic heterocycles. The van der Waals surface area contributed by atoms with Crippen molar-refractivity contribution in [1.29, 1.82) is 0 Å². The molecule has 0 aliphatic carbocycles. The molecule has 0 amide bonds. The lowest BCUT2D eigenvalue weighted by Gasteiger charge is -2.35. The van der Waals surface area contributed by atoms with Crippen molar-refractivity contribution in [2.45, 2.75) is 6.42 Å². The zero-order valence-electron chi connectivity index (χ0n) is 13.0. The van der Waals surface area contributed by atoms with E-state index in [4.69, 9.17) is 16.3 Å². The summed E-state index contributed by atoms with van der Waals surface area (Å²) in [6, 6.07) is 7.54. The Morgan fingerprint density at radius 3 is 2.29 bits per heavy atom. The largest absolute Gasteiger partial charge is 0.464 e. The minimum Gasteiger partial charge on any atom is -0.464 e. The van der Waals surface area contributed by atoms with E-state index in [0.717, 1.165) is 18.8 Å². The normalized spacial score (nSPS) is 15.2. The predicted molar refractivity (Wildman–Crippen MR) is 86.0 cm³/mol. The van der Waals surface area contributed by atoms with Crippen molar-refractivity contribution in [2.24, 2.45) is 0 Å². The SMILES string of the molecule is O=C(CN1CCN(c2ccc(Cl)cc2)CC1)OCCC(F)=C(F)F. The summed E-state index contributed by atoms with van der Waals surface area (Å²) in [4.78, 5) is 15.7. The van der Waals surface area contributed by atoms with Gasteiger partial charge >= 0.3 is 12.0 Å². The van der Waals surface area contributed by atoms with Crippen molar-refractivity contribution in [3.8, 4) is 0 Å². The Morgan fingerprint density at radius 2 is 1.71 bits per heavy atom. The van der Waals surface area contributed by atoms with E-state index in [0.29, 0.717) is 18.1 Å². The minimum absolute atomic E-state index is 0.0674. The van der Waals surface area contributed by atoms with Gasteiger partial charge in [0, 0.05) is 43.3 Å². The number of nitrogens with zero attached hydrogens (tertiary/aromatic N) is 2. The molecule has 8 heteroatoms. The van der Waals surface area contributed by atoms with Crippen molar-refractivity contribution in [3.63, 3.8) is 0 Å². The molecule has 4 nitrogen and oxygen atoms in total. The van der Waals surface area contributed by atoms with Crippen LogP contribution in [0.3, 0.4) is 0 Å². The second-order valence-electron chi connectivity index (χ2n) is 5.38. The van der Waals surface area contributed by atoms with Crippen LogP contribution >= 0.6 is 11.6 Å². The molecule has 1 heterocycles. The molecule has 1 aromatic rings. The molecule has 0 spiro atoms. The Hall–Kier alpha value is -1.73. The van der Waals surface area contributed by atoms with Crippen molar-refractivity contribution < 1.29 is 22.7 Å². The highest BCUT2D eigenvalue weighted by molar-refractivity contribution is 6.30. The van der Waals surface area contributed by atoms with Crippen LogP contribution < -0.4 is 4.90 Å². The van der Waals surface area contributed by atoms with E-state index in [9.17, 15) is 18.0 Å². The summed E-state index contributed by atoms with van der Waals surface area (Å²) in [5, 5.41) is 0.680. The summed E-state index contributed by atoms with van der Waals surface area (Å²) in [6.07, 6.45) is -2.97. The van der Waals surface area contributed by atoms with Gasteiger partial charge in [0.15, 0.2) is 5.83 Å².